The summed E-state index contributed by atoms with van der Waals surface area (Å²) in [7, 11) is 0. The molecule has 0 amide bonds. The van der Waals surface area contributed by atoms with E-state index in [1.165, 1.54) is 6.92 Å². The summed E-state index contributed by atoms with van der Waals surface area (Å²) in [5.41, 5.74) is 2.00. The first-order valence-electron chi connectivity index (χ1n) is 7.08. The van der Waals surface area contributed by atoms with Crippen LogP contribution >= 0.6 is 23.4 Å². The molecule has 0 spiro atoms. The maximum absolute atomic E-state index is 11.1. The van der Waals surface area contributed by atoms with Gasteiger partial charge in [0.1, 0.15) is 5.75 Å². The van der Waals surface area contributed by atoms with E-state index in [1.54, 1.807) is 17.8 Å². The summed E-state index contributed by atoms with van der Waals surface area (Å²) in [6.45, 7) is 7.91. The van der Waals surface area contributed by atoms with Gasteiger partial charge in [0.05, 0.1) is 5.69 Å². The smallest absolute Gasteiger partial charge is 0.308 e. The Kier molecular flexibility index (Phi) is 6.13. The first-order chi connectivity index (χ1) is 10.9. The Hall–Kier alpha value is -1.91. The predicted molar refractivity (Wildman–Crippen MR) is 97.2 cm³/mol. The number of allylic oxidation sites excluding steroid dienone is 1. The third-order valence-electron chi connectivity index (χ3n) is 2.89. The van der Waals surface area contributed by atoms with Gasteiger partial charge in [-0.1, -0.05) is 42.1 Å². The average molecular weight is 348 g/mol. The molecule has 120 valence electrons. The minimum Gasteiger partial charge on any atom is -0.427 e. The van der Waals surface area contributed by atoms with Crippen molar-refractivity contribution in [2.75, 3.05) is 5.32 Å². The Labute approximate surface area is 145 Å². The molecule has 0 atom stereocenters. The summed E-state index contributed by atoms with van der Waals surface area (Å²) in [6.07, 6.45) is 0. The van der Waals surface area contributed by atoms with Gasteiger partial charge in [0.25, 0.3) is 0 Å². The van der Waals surface area contributed by atoms with E-state index < -0.39 is 0 Å². The van der Waals surface area contributed by atoms with E-state index in [0.29, 0.717) is 17.3 Å². The predicted octanol–water partition coefficient (Wildman–Crippen LogP) is 5.50. The lowest BCUT2D eigenvalue weighted by molar-refractivity contribution is -0.131. The topological polar surface area (TPSA) is 38.3 Å². The van der Waals surface area contributed by atoms with Crippen LogP contribution < -0.4 is 10.1 Å². The lowest BCUT2D eigenvalue weighted by atomic mass is 10.2. The molecule has 0 saturated heterocycles. The zero-order valence-corrected chi connectivity index (χ0v) is 14.6. The molecule has 0 aromatic heterocycles. The molecule has 0 unspecified atom stereocenters. The fourth-order valence-electron chi connectivity index (χ4n) is 1.95. The molecule has 0 fully saturated rings. The van der Waals surface area contributed by atoms with Crippen LogP contribution in [0.4, 0.5) is 5.69 Å². The van der Waals surface area contributed by atoms with E-state index in [-0.39, 0.29) is 5.97 Å². The second-order valence-electron chi connectivity index (χ2n) is 5.04. The summed E-state index contributed by atoms with van der Waals surface area (Å²) in [4.78, 5) is 13.1. The van der Waals surface area contributed by atoms with Crippen LogP contribution in [0.3, 0.4) is 0 Å². The van der Waals surface area contributed by atoms with Gasteiger partial charge < -0.3 is 10.1 Å². The number of esters is 1. The Morgan fingerprint density at radius 1 is 1.22 bits per heavy atom. The second-order valence-corrected chi connectivity index (χ2v) is 6.81. The number of hydrogen-bond acceptors (Lipinski definition) is 4. The second kappa shape index (κ2) is 8.09. The molecule has 0 radical (unpaired) electrons. The Morgan fingerprint density at radius 2 is 1.91 bits per heavy atom. The summed E-state index contributed by atoms with van der Waals surface area (Å²) in [5, 5.41) is 4.08. The standard InChI is InChI=1S/C18H18ClNO2S/c1-12(2)23-18-9-8-16(22-13(3)21)10-17(18)20-11-14-4-6-15(19)7-5-14/h4-10,20H,1,11H2,2-3H3. The van der Waals surface area contributed by atoms with Gasteiger partial charge in [0, 0.05) is 29.5 Å². The number of thioether (sulfide) groups is 1. The molecular weight excluding hydrogens is 330 g/mol. The van der Waals surface area contributed by atoms with Crippen LogP contribution in [0.15, 0.2) is 58.8 Å². The molecule has 0 bridgehead atoms. The van der Waals surface area contributed by atoms with Crippen molar-refractivity contribution >= 4 is 35.0 Å². The first-order valence-corrected chi connectivity index (χ1v) is 8.27. The van der Waals surface area contributed by atoms with Gasteiger partial charge >= 0.3 is 5.97 Å². The highest BCUT2D eigenvalue weighted by Crippen LogP contribution is 2.34. The Morgan fingerprint density at radius 3 is 2.52 bits per heavy atom. The molecule has 23 heavy (non-hydrogen) atoms. The van der Waals surface area contributed by atoms with E-state index >= 15 is 0 Å². The van der Waals surface area contributed by atoms with Gasteiger partial charge in [-0.15, -0.1) is 0 Å². The lowest BCUT2D eigenvalue weighted by Crippen LogP contribution is -2.04. The largest absolute Gasteiger partial charge is 0.427 e. The van der Waals surface area contributed by atoms with Crippen molar-refractivity contribution in [2.24, 2.45) is 0 Å². The van der Waals surface area contributed by atoms with Crippen molar-refractivity contribution < 1.29 is 9.53 Å². The minimum absolute atomic E-state index is 0.339. The average Bonchev–Trinajstić information content (AvgIpc) is 2.48. The zero-order chi connectivity index (χ0) is 16.8. The van der Waals surface area contributed by atoms with Crippen molar-refractivity contribution in [3.8, 4) is 5.75 Å². The van der Waals surface area contributed by atoms with Crippen molar-refractivity contribution in [1.29, 1.82) is 0 Å². The number of ether oxygens (including phenoxy) is 1. The highest BCUT2D eigenvalue weighted by Gasteiger charge is 2.08. The first kappa shape index (κ1) is 17.4. The van der Waals surface area contributed by atoms with Gasteiger partial charge in [0.15, 0.2) is 0 Å². The molecule has 2 aromatic rings. The maximum Gasteiger partial charge on any atom is 0.308 e. The molecule has 2 aromatic carbocycles. The highest BCUT2D eigenvalue weighted by atomic mass is 35.5. The molecule has 0 aliphatic heterocycles. The highest BCUT2D eigenvalue weighted by molar-refractivity contribution is 8.03. The molecule has 0 heterocycles. The third-order valence-corrected chi connectivity index (χ3v) is 4.07. The van der Waals surface area contributed by atoms with E-state index in [2.05, 4.69) is 11.9 Å². The summed E-state index contributed by atoms with van der Waals surface area (Å²) < 4.78 is 5.15. The summed E-state index contributed by atoms with van der Waals surface area (Å²) in [6, 6.07) is 13.2. The SMILES string of the molecule is C=C(C)Sc1ccc(OC(C)=O)cc1NCc1ccc(Cl)cc1. The minimum atomic E-state index is -0.339. The zero-order valence-electron chi connectivity index (χ0n) is 13.1. The Bertz CT molecular complexity index is 713. The van der Waals surface area contributed by atoms with Crippen LogP contribution in [0.2, 0.25) is 5.02 Å². The van der Waals surface area contributed by atoms with Crippen LogP contribution in [-0.4, -0.2) is 5.97 Å². The maximum atomic E-state index is 11.1. The van der Waals surface area contributed by atoms with Crippen LogP contribution in [0, 0.1) is 0 Å². The van der Waals surface area contributed by atoms with E-state index in [4.69, 9.17) is 16.3 Å². The number of benzene rings is 2. The molecular formula is C18H18ClNO2S. The van der Waals surface area contributed by atoms with Gasteiger partial charge in [-0.25, -0.2) is 0 Å². The van der Waals surface area contributed by atoms with E-state index in [9.17, 15) is 4.79 Å². The molecule has 5 heteroatoms. The Balaban J connectivity index is 2.19. The van der Waals surface area contributed by atoms with Crippen molar-refractivity contribution in [3.05, 3.63) is 64.5 Å². The number of carbonyl (C=O) groups is 1. The normalized spacial score (nSPS) is 10.2. The number of hydrogen-bond donors (Lipinski definition) is 1. The van der Waals surface area contributed by atoms with Gasteiger partial charge in [-0.2, -0.15) is 0 Å². The number of carbonyl (C=O) groups excluding carboxylic acids is 1. The fourth-order valence-corrected chi connectivity index (χ4v) is 2.83. The molecule has 0 saturated carbocycles. The van der Waals surface area contributed by atoms with Crippen molar-refractivity contribution in [2.45, 2.75) is 25.3 Å². The monoisotopic (exact) mass is 347 g/mol. The van der Waals surface area contributed by atoms with Gasteiger partial charge in [0.2, 0.25) is 0 Å². The molecule has 0 aliphatic carbocycles. The van der Waals surface area contributed by atoms with Crippen molar-refractivity contribution in [1.82, 2.24) is 0 Å². The molecule has 1 N–H and O–H groups in total. The van der Waals surface area contributed by atoms with Gasteiger partial charge in [-0.3, -0.25) is 4.79 Å². The quantitative estimate of drug-likeness (QED) is 0.425. The van der Waals surface area contributed by atoms with Gasteiger partial charge in [-0.05, 0) is 41.7 Å². The number of rotatable bonds is 6. The number of nitrogens with one attached hydrogen (secondary N) is 1. The molecule has 2 rings (SSSR count). The summed E-state index contributed by atoms with van der Waals surface area (Å²) in [5.74, 6) is 0.177. The van der Waals surface area contributed by atoms with E-state index in [0.717, 1.165) is 21.1 Å². The summed E-state index contributed by atoms with van der Waals surface area (Å²) >= 11 is 7.47. The van der Waals surface area contributed by atoms with Crippen molar-refractivity contribution in [3.63, 3.8) is 0 Å². The number of anilines is 1. The van der Waals surface area contributed by atoms with E-state index in [1.807, 2.05) is 43.3 Å². The number of halogens is 1. The third kappa shape index (κ3) is 5.66. The molecule has 0 aliphatic rings. The van der Waals surface area contributed by atoms with Crippen LogP contribution in [0.25, 0.3) is 0 Å². The fraction of sp³-hybridized carbons (Fsp3) is 0.167. The molecule has 3 nitrogen and oxygen atoms in total. The van der Waals surface area contributed by atoms with Crippen LogP contribution in [0.1, 0.15) is 19.4 Å². The van der Waals surface area contributed by atoms with Crippen LogP contribution in [-0.2, 0) is 11.3 Å². The van der Waals surface area contributed by atoms with Crippen LogP contribution in [0.5, 0.6) is 5.75 Å². The lowest BCUT2D eigenvalue weighted by Gasteiger charge is -2.13.